The van der Waals surface area contributed by atoms with E-state index in [9.17, 15) is 9.59 Å². The van der Waals surface area contributed by atoms with Crippen molar-refractivity contribution in [1.82, 2.24) is 0 Å². The molecule has 0 aliphatic heterocycles. The molecule has 0 heterocycles. The van der Waals surface area contributed by atoms with Gasteiger partial charge in [0.15, 0.2) is 0 Å². The third-order valence-electron chi connectivity index (χ3n) is 0.214. The Morgan fingerprint density at radius 3 is 1.43 bits per heavy atom. The summed E-state index contributed by atoms with van der Waals surface area (Å²) >= 11 is 0. The van der Waals surface area contributed by atoms with Gasteiger partial charge in [0.1, 0.15) is 8.58 Å². The van der Waals surface area contributed by atoms with E-state index < -0.39 is 20.0 Å². The van der Waals surface area contributed by atoms with Gasteiger partial charge in [0.2, 0.25) is 0 Å². The molecular formula is C2H3O4P. The molecule has 40 valence electrons. The first kappa shape index (κ1) is 6.37. The minimum absolute atomic E-state index is 1.02. The second kappa shape index (κ2) is 2.53. The van der Waals surface area contributed by atoms with Crippen LogP contribution in [0.25, 0.3) is 0 Å². The van der Waals surface area contributed by atoms with Gasteiger partial charge in [0.05, 0.1) is 0 Å². The Morgan fingerprint density at radius 1 is 1.14 bits per heavy atom. The molecule has 0 rings (SSSR count). The monoisotopic (exact) mass is 122 g/mol. The number of carbonyl (C=O) groups is 2. The zero-order chi connectivity index (χ0) is 5.86. The molecule has 0 aromatic carbocycles. The number of hydrogen-bond acceptors (Lipinski definition) is 2. The molecule has 0 spiro atoms. The zero-order valence-corrected chi connectivity index (χ0v) is 4.21. The van der Waals surface area contributed by atoms with Crippen LogP contribution in [0.3, 0.4) is 0 Å². The zero-order valence-electron chi connectivity index (χ0n) is 3.21. The summed E-state index contributed by atoms with van der Waals surface area (Å²) in [5, 5.41) is 15.4. The van der Waals surface area contributed by atoms with Crippen molar-refractivity contribution in [3.63, 3.8) is 0 Å². The number of hydrogen-bond donors (Lipinski definition) is 2. The van der Waals surface area contributed by atoms with Crippen molar-refractivity contribution >= 4 is 20.0 Å². The number of carboxylic acid groups (broad SMARTS) is 2. The Hall–Kier alpha value is -0.630. The molecule has 0 saturated carbocycles. The molecule has 0 aromatic heterocycles. The molecule has 0 aliphatic rings. The van der Waals surface area contributed by atoms with Crippen molar-refractivity contribution in [1.29, 1.82) is 0 Å². The normalized spacial score (nSPS) is 8.00. The summed E-state index contributed by atoms with van der Waals surface area (Å²) < 4.78 is 0. The van der Waals surface area contributed by atoms with E-state index in [0.717, 1.165) is 0 Å². The summed E-state index contributed by atoms with van der Waals surface area (Å²) in [6.45, 7) is 0. The van der Waals surface area contributed by atoms with E-state index >= 15 is 0 Å². The fourth-order valence-electron chi connectivity index (χ4n) is 0.0915. The van der Waals surface area contributed by atoms with Gasteiger partial charge in [-0.15, -0.1) is 0 Å². The molecule has 0 unspecified atom stereocenters. The maximum absolute atomic E-state index is 9.44. The van der Waals surface area contributed by atoms with Gasteiger partial charge in [-0.25, -0.2) is 9.59 Å². The van der Waals surface area contributed by atoms with Crippen molar-refractivity contribution in [2.75, 3.05) is 0 Å². The summed E-state index contributed by atoms with van der Waals surface area (Å²) in [4.78, 5) is 18.9. The number of rotatable bonds is 2. The summed E-state index contributed by atoms with van der Waals surface area (Å²) in [5.41, 5.74) is -2.57. The fraction of sp³-hybridized carbons (Fsp3) is 0. The van der Waals surface area contributed by atoms with Crippen LogP contribution in [0.1, 0.15) is 0 Å². The lowest BCUT2D eigenvalue weighted by molar-refractivity contribution is 0.216. The molecule has 0 saturated heterocycles. The lowest BCUT2D eigenvalue weighted by Gasteiger charge is -1.80. The van der Waals surface area contributed by atoms with Gasteiger partial charge in [-0.05, 0) is 0 Å². The topological polar surface area (TPSA) is 74.6 Å². The molecular weight excluding hydrogens is 119 g/mol. The highest BCUT2D eigenvalue weighted by Crippen LogP contribution is 2.09. The third kappa shape index (κ3) is 5.37. The average molecular weight is 122 g/mol. The predicted molar refractivity (Wildman–Crippen MR) is 24.4 cm³/mol. The average Bonchev–Trinajstić information content (AvgIpc) is 1.27. The van der Waals surface area contributed by atoms with Crippen LogP contribution in [-0.2, 0) is 0 Å². The Labute approximate surface area is 40.9 Å². The molecule has 4 nitrogen and oxygen atoms in total. The maximum atomic E-state index is 9.44. The van der Waals surface area contributed by atoms with Crippen molar-refractivity contribution in [3.8, 4) is 0 Å². The van der Waals surface area contributed by atoms with Crippen molar-refractivity contribution in [3.05, 3.63) is 0 Å². The molecule has 2 N–H and O–H groups in total. The highest BCUT2D eigenvalue weighted by Gasteiger charge is 2.01. The van der Waals surface area contributed by atoms with E-state index in [2.05, 4.69) is 0 Å². The molecule has 0 aliphatic carbocycles. The van der Waals surface area contributed by atoms with E-state index in [0.29, 0.717) is 0 Å². The van der Waals surface area contributed by atoms with Crippen LogP contribution in [0.5, 0.6) is 0 Å². The van der Waals surface area contributed by atoms with Crippen molar-refractivity contribution in [2.45, 2.75) is 0 Å². The van der Waals surface area contributed by atoms with E-state index in [1.807, 2.05) is 0 Å². The summed E-state index contributed by atoms with van der Waals surface area (Å²) in [7, 11) is -1.02. The molecule has 0 fully saturated rings. The molecule has 0 amide bonds. The smallest absolute Gasteiger partial charge is 0.332 e. The van der Waals surface area contributed by atoms with Crippen LogP contribution in [-0.4, -0.2) is 21.6 Å². The second-order valence-corrected chi connectivity index (χ2v) is 1.84. The Balaban J connectivity index is 3.32. The quantitative estimate of drug-likeness (QED) is 0.536. The lowest BCUT2D eigenvalue weighted by Crippen LogP contribution is -1.86. The van der Waals surface area contributed by atoms with Gasteiger partial charge in [-0.1, -0.05) is 0 Å². The SMILES string of the molecule is O=C(O)PC(=O)O. The van der Waals surface area contributed by atoms with Crippen molar-refractivity contribution in [2.24, 2.45) is 0 Å². The summed E-state index contributed by atoms with van der Waals surface area (Å²) in [6, 6.07) is 0. The standard InChI is InChI=1S/C2H3O4P/c3-1(4)7-2(5)6/h7H,(H,3,4)(H,5,6). The van der Waals surface area contributed by atoms with Gasteiger partial charge in [0, 0.05) is 0 Å². The molecule has 0 atom stereocenters. The first-order valence-corrected chi connectivity index (χ1v) is 2.36. The third-order valence-corrected chi connectivity index (χ3v) is 0.642. The highest BCUT2D eigenvalue weighted by molar-refractivity contribution is 7.72. The molecule has 0 radical (unpaired) electrons. The fourth-order valence-corrected chi connectivity index (χ4v) is 0.274. The van der Waals surface area contributed by atoms with E-state index in [1.54, 1.807) is 0 Å². The van der Waals surface area contributed by atoms with Gasteiger partial charge >= 0.3 is 11.4 Å². The van der Waals surface area contributed by atoms with Crippen LogP contribution in [0.2, 0.25) is 0 Å². The maximum Gasteiger partial charge on any atom is 0.332 e. The first-order chi connectivity index (χ1) is 3.13. The van der Waals surface area contributed by atoms with E-state index in [-0.39, 0.29) is 0 Å². The molecule has 5 heteroatoms. The Kier molecular flexibility index (Phi) is 2.30. The highest BCUT2D eigenvalue weighted by atomic mass is 31.1. The Morgan fingerprint density at radius 2 is 1.43 bits per heavy atom. The van der Waals surface area contributed by atoms with E-state index in [1.165, 1.54) is 0 Å². The van der Waals surface area contributed by atoms with Crippen LogP contribution in [0.4, 0.5) is 9.59 Å². The summed E-state index contributed by atoms with van der Waals surface area (Å²) in [5.74, 6) is 0. The second-order valence-electron chi connectivity index (χ2n) is 0.735. The van der Waals surface area contributed by atoms with Gasteiger partial charge in [0.25, 0.3) is 0 Å². The van der Waals surface area contributed by atoms with Crippen LogP contribution < -0.4 is 0 Å². The lowest BCUT2D eigenvalue weighted by atomic mass is 11.6. The van der Waals surface area contributed by atoms with Gasteiger partial charge in [-0.2, -0.15) is 0 Å². The van der Waals surface area contributed by atoms with Gasteiger partial charge in [-0.3, -0.25) is 0 Å². The minimum Gasteiger partial charge on any atom is -0.478 e. The van der Waals surface area contributed by atoms with E-state index in [4.69, 9.17) is 10.2 Å². The van der Waals surface area contributed by atoms with Crippen LogP contribution in [0.15, 0.2) is 0 Å². The first-order valence-electron chi connectivity index (χ1n) is 1.36. The largest absolute Gasteiger partial charge is 0.478 e. The van der Waals surface area contributed by atoms with Crippen LogP contribution in [0, 0.1) is 0 Å². The van der Waals surface area contributed by atoms with Gasteiger partial charge < -0.3 is 10.2 Å². The summed E-state index contributed by atoms with van der Waals surface area (Å²) in [6.07, 6.45) is 0. The van der Waals surface area contributed by atoms with Crippen LogP contribution >= 0.6 is 8.58 Å². The predicted octanol–water partition coefficient (Wildman–Crippen LogP) is 1.02. The van der Waals surface area contributed by atoms with Crippen molar-refractivity contribution < 1.29 is 19.8 Å². The molecule has 7 heavy (non-hydrogen) atoms. The Bertz CT molecular complexity index is 85.9. The molecule has 0 bridgehead atoms. The molecule has 0 aromatic rings. The minimum atomic E-state index is -1.28.